The van der Waals surface area contributed by atoms with E-state index in [1.807, 2.05) is 42.5 Å². The van der Waals surface area contributed by atoms with Crippen molar-refractivity contribution >= 4 is 34.4 Å². The average Bonchev–Trinajstić information content (AvgIpc) is 3.05. The van der Waals surface area contributed by atoms with Gasteiger partial charge in [-0.05, 0) is 59.0 Å². The number of amides is 2. The lowest BCUT2D eigenvalue weighted by Crippen LogP contribution is -2.37. The summed E-state index contributed by atoms with van der Waals surface area (Å²) in [6.07, 6.45) is -0.657. The van der Waals surface area contributed by atoms with Gasteiger partial charge in [0.15, 0.2) is 0 Å². The van der Waals surface area contributed by atoms with Gasteiger partial charge in [-0.1, -0.05) is 54.1 Å². The van der Waals surface area contributed by atoms with Crippen LogP contribution in [0.5, 0.6) is 0 Å². The van der Waals surface area contributed by atoms with Crippen LogP contribution in [0.15, 0.2) is 60.7 Å². The average molecular weight is 426 g/mol. The van der Waals surface area contributed by atoms with Crippen molar-refractivity contribution < 1.29 is 18.7 Å². The summed E-state index contributed by atoms with van der Waals surface area (Å²) in [4.78, 5) is 26.5. The summed E-state index contributed by atoms with van der Waals surface area (Å²) in [7, 11) is 0. The molecule has 0 radical (unpaired) electrons. The van der Waals surface area contributed by atoms with E-state index < -0.39 is 24.9 Å². The van der Waals surface area contributed by atoms with E-state index in [4.69, 9.17) is 16.3 Å². The van der Waals surface area contributed by atoms with E-state index in [1.54, 1.807) is 19.1 Å². The van der Waals surface area contributed by atoms with Crippen LogP contribution in [0.1, 0.15) is 36.1 Å². The number of carbonyl (C=O) groups is 2. The molecule has 0 aromatic heterocycles. The molecule has 2 amide bonds. The van der Waals surface area contributed by atoms with Crippen molar-refractivity contribution in [3.05, 3.63) is 82.4 Å². The molecule has 3 aromatic carbocycles. The van der Waals surface area contributed by atoms with Gasteiger partial charge in [-0.2, -0.15) is 0 Å². The molecule has 6 heteroatoms. The summed E-state index contributed by atoms with van der Waals surface area (Å²) in [5.41, 5.74) is 2.04. The van der Waals surface area contributed by atoms with Crippen molar-refractivity contribution in [1.82, 2.24) is 4.90 Å². The van der Waals surface area contributed by atoms with Crippen LogP contribution in [0.4, 0.5) is 9.18 Å². The third-order valence-electron chi connectivity index (χ3n) is 5.49. The van der Waals surface area contributed by atoms with E-state index in [1.165, 1.54) is 6.07 Å². The molecule has 4 rings (SSSR count). The summed E-state index contributed by atoms with van der Waals surface area (Å²) in [5.74, 6) is -0.296. The Hall–Kier alpha value is -2.92. The maximum Gasteiger partial charge on any atom is 0.417 e. The number of cyclic esters (lactones) is 1. The zero-order valence-corrected chi connectivity index (χ0v) is 17.2. The van der Waals surface area contributed by atoms with Gasteiger partial charge in [0, 0.05) is 11.4 Å². The molecule has 0 bridgehead atoms. The quantitative estimate of drug-likeness (QED) is 0.503. The molecule has 0 aliphatic carbocycles. The van der Waals surface area contributed by atoms with Crippen LogP contribution in [-0.4, -0.2) is 22.9 Å². The minimum absolute atomic E-state index is 0.186. The van der Waals surface area contributed by atoms with Gasteiger partial charge >= 0.3 is 6.09 Å². The second kappa shape index (κ2) is 8.44. The maximum atomic E-state index is 13.1. The minimum Gasteiger partial charge on any atom is -0.439 e. The molecule has 0 N–H and O–H groups in total. The van der Waals surface area contributed by atoms with Crippen molar-refractivity contribution in [3.8, 4) is 0 Å². The number of hydrogen-bond donors (Lipinski definition) is 0. The van der Waals surface area contributed by atoms with E-state index in [-0.39, 0.29) is 12.3 Å². The number of alkyl halides is 1. The first-order valence-corrected chi connectivity index (χ1v) is 10.2. The van der Waals surface area contributed by atoms with E-state index in [2.05, 4.69) is 0 Å². The van der Waals surface area contributed by atoms with E-state index in [9.17, 15) is 14.0 Å². The second-order valence-corrected chi connectivity index (χ2v) is 7.91. The fourth-order valence-electron chi connectivity index (χ4n) is 4.03. The number of imide groups is 1. The van der Waals surface area contributed by atoms with E-state index >= 15 is 0 Å². The van der Waals surface area contributed by atoms with Gasteiger partial charge in [0.1, 0.15) is 12.8 Å². The van der Waals surface area contributed by atoms with Gasteiger partial charge in [-0.15, -0.1) is 0 Å². The molecule has 1 fully saturated rings. The van der Waals surface area contributed by atoms with Gasteiger partial charge in [0.25, 0.3) is 0 Å². The fraction of sp³-hybridized carbons (Fsp3) is 0.250. The summed E-state index contributed by atoms with van der Waals surface area (Å²) < 4.78 is 18.5. The fourth-order valence-corrected chi connectivity index (χ4v) is 4.30. The lowest BCUT2D eigenvalue weighted by atomic mass is 9.99. The lowest BCUT2D eigenvalue weighted by Gasteiger charge is -2.20. The third-order valence-corrected chi connectivity index (χ3v) is 5.71. The Morgan fingerprint density at radius 3 is 2.70 bits per heavy atom. The predicted molar refractivity (Wildman–Crippen MR) is 114 cm³/mol. The predicted octanol–water partition coefficient (Wildman–Crippen LogP) is 6.00. The van der Waals surface area contributed by atoms with Gasteiger partial charge < -0.3 is 4.74 Å². The Morgan fingerprint density at radius 1 is 1.13 bits per heavy atom. The Kier molecular flexibility index (Phi) is 5.73. The summed E-state index contributed by atoms with van der Waals surface area (Å²) >= 11 is 6.07. The third kappa shape index (κ3) is 3.90. The normalized spacial score (nSPS) is 18.6. The summed E-state index contributed by atoms with van der Waals surface area (Å²) in [5, 5.41) is 2.57. The molecule has 154 valence electrons. The van der Waals surface area contributed by atoms with Crippen molar-refractivity contribution in [2.24, 2.45) is 0 Å². The van der Waals surface area contributed by atoms with E-state index in [0.29, 0.717) is 22.6 Å². The second-order valence-electron chi connectivity index (χ2n) is 7.47. The van der Waals surface area contributed by atoms with Crippen LogP contribution in [0, 0.1) is 0 Å². The number of fused-ring (bicyclic) bond motifs is 1. The van der Waals surface area contributed by atoms with Crippen LogP contribution < -0.4 is 0 Å². The highest BCUT2D eigenvalue weighted by atomic mass is 35.5. The molecule has 2 atom stereocenters. The molecule has 30 heavy (non-hydrogen) atoms. The summed E-state index contributed by atoms with van der Waals surface area (Å²) in [6.45, 7) is 1.08. The number of hydrogen-bond acceptors (Lipinski definition) is 3. The topological polar surface area (TPSA) is 46.6 Å². The summed E-state index contributed by atoms with van der Waals surface area (Å²) in [6, 6.07) is 18.3. The van der Waals surface area contributed by atoms with Gasteiger partial charge in [0.05, 0.1) is 6.04 Å². The highest BCUT2D eigenvalue weighted by Crippen LogP contribution is 2.35. The van der Waals surface area contributed by atoms with Crippen LogP contribution >= 0.6 is 11.6 Å². The van der Waals surface area contributed by atoms with Crippen molar-refractivity contribution in [1.29, 1.82) is 0 Å². The van der Waals surface area contributed by atoms with Crippen molar-refractivity contribution in [3.63, 3.8) is 0 Å². The lowest BCUT2D eigenvalue weighted by molar-refractivity contribution is -0.129. The van der Waals surface area contributed by atoms with Crippen molar-refractivity contribution in [2.75, 3.05) is 0 Å². The molecule has 0 spiro atoms. The Balaban J connectivity index is 1.50. The highest BCUT2D eigenvalue weighted by Gasteiger charge is 2.43. The zero-order valence-electron chi connectivity index (χ0n) is 16.5. The first kappa shape index (κ1) is 20.4. The Morgan fingerprint density at radius 2 is 1.90 bits per heavy atom. The van der Waals surface area contributed by atoms with Crippen LogP contribution in [0.25, 0.3) is 10.8 Å². The Labute approximate surface area is 179 Å². The largest absolute Gasteiger partial charge is 0.439 e. The molecule has 1 aliphatic rings. The zero-order chi connectivity index (χ0) is 21.3. The number of nitrogens with zero attached hydrogens (tertiary/aromatic N) is 1. The Bertz CT molecular complexity index is 1110. The minimum atomic E-state index is -0.683. The molecular formula is C24H21ClFNO3. The van der Waals surface area contributed by atoms with Gasteiger partial charge in [-0.3, -0.25) is 4.79 Å². The van der Waals surface area contributed by atoms with Crippen molar-refractivity contribution in [2.45, 2.75) is 38.6 Å². The molecule has 0 unspecified atom stereocenters. The van der Waals surface area contributed by atoms with Crippen LogP contribution in [-0.2, 0) is 22.6 Å². The highest BCUT2D eigenvalue weighted by molar-refractivity contribution is 6.30. The molecule has 1 saturated heterocycles. The molecule has 1 aliphatic heterocycles. The first-order valence-electron chi connectivity index (χ1n) is 9.82. The van der Waals surface area contributed by atoms with E-state index in [0.717, 1.165) is 21.2 Å². The van der Waals surface area contributed by atoms with Gasteiger partial charge in [0.2, 0.25) is 5.91 Å². The van der Waals surface area contributed by atoms with Gasteiger partial charge in [-0.25, -0.2) is 14.1 Å². The molecule has 3 aromatic rings. The number of aryl methyl sites for hydroxylation is 1. The number of benzene rings is 3. The van der Waals surface area contributed by atoms with Crippen LogP contribution in [0.3, 0.4) is 0 Å². The number of carbonyl (C=O) groups excluding carboxylic acids is 2. The SMILES string of the molecule is C[C@H]1[C@@H](c2cc(Cl)cc(CF)c2)OC(=O)N1C(=O)CCc1cccc2ccccc12. The molecular weight excluding hydrogens is 405 g/mol. The monoisotopic (exact) mass is 425 g/mol. The number of ether oxygens (including phenoxy) is 1. The first-order chi connectivity index (χ1) is 14.5. The standard InChI is InChI=1S/C24H21ClFNO3/c1-15-23(19-11-16(14-26)12-20(25)13-19)30-24(29)27(15)22(28)10-9-18-7-4-6-17-5-2-3-8-21(17)18/h2-8,11-13,15,23H,9-10,14H2,1H3/t15-,23-/m0/s1. The number of halogens is 2. The maximum absolute atomic E-state index is 13.1. The molecule has 1 heterocycles. The van der Waals surface area contributed by atoms with Crippen LogP contribution in [0.2, 0.25) is 5.02 Å². The molecule has 0 saturated carbocycles. The molecule has 4 nitrogen and oxygen atoms in total. The smallest absolute Gasteiger partial charge is 0.417 e. The number of rotatable bonds is 5.